The van der Waals surface area contributed by atoms with Crippen LogP contribution in [0.15, 0.2) is 65.9 Å². The number of hydrogen-bond acceptors (Lipinski definition) is 3. The first-order valence-electron chi connectivity index (χ1n) is 7.69. The Bertz CT molecular complexity index is 563. The maximum atomic E-state index is 11.2. The zero-order valence-electron chi connectivity index (χ0n) is 12.4. The molecule has 4 nitrogen and oxygen atoms in total. The van der Waals surface area contributed by atoms with Gasteiger partial charge in [0.25, 0.3) is 0 Å². The summed E-state index contributed by atoms with van der Waals surface area (Å²) in [5.41, 5.74) is 2.18. The summed E-state index contributed by atoms with van der Waals surface area (Å²) >= 11 is 0. The summed E-state index contributed by atoms with van der Waals surface area (Å²) in [5.74, 6) is -0.0737. The first-order chi connectivity index (χ1) is 10.8. The van der Waals surface area contributed by atoms with Crippen molar-refractivity contribution in [2.24, 2.45) is 5.29 Å². The average molecular weight is 296 g/mol. The summed E-state index contributed by atoms with van der Waals surface area (Å²) in [6.07, 6.45) is 0.934. The van der Waals surface area contributed by atoms with E-state index in [9.17, 15) is 10.0 Å². The fourth-order valence-corrected chi connectivity index (χ4v) is 3.38. The topological polar surface area (TPSA) is 52.9 Å². The average Bonchev–Trinajstić information content (AvgIpc) is 2.58. The third kappa shape index (κ3) is 2.88. The van der Waals surface area contributed by atoms with Crippen molar-refractivity contribution in [2.75, 3.05) is 6.54 Å². The van der Waals surface area contributed by atoms with Crippen LogP contribution in [0.2, 0.25) is 0 Å². The largest absolute Gasteiger partial charge is 0.391 e. The number of nitrogens with zero attached hydrogens (tertiary/aromatic N) is 2. The summed E-state index contributed by atoms with van der Waals surface area (Å²) in [6.45, 7) is 0.599. The van der Waals surface area contributed by atoms with Crippen molar-refractivity contribution in [3.05, 3.63) is 76.7 Å². The molecule has 2 atom stereocenters. The van der Waals surface area contributed by atoms with Crippen LogP contribution in [0.25, 0.3) is 0 Å². The van der Waals surface area contributed by atoms with Gasteiger partial charge in [0.05, 0.1) is 17.4 Å². The van der Waals surface area contributed by atoms with E-state index in [0.717, 1.165) is 17.5 Å². The fourth-order valence-electron chi connectivity index (χ4n) is 3.38. The van der Waals surface area contributed by atoms with Crippen molar-refractivity contribution in [1.29, 1.82) is 0 Å². The minimum Gasteiger partial charge on any atom is -0.391 e. The highest BCUT2D eigenvalue weighted by molar-refractivity contribution is 5.35. The lowest BCUT2D eigenvalue weighted by Crippen LogP contribution is -2.49. The molecule has 1 saturated heterocycles. The second-order valence-electron chi connectivity index (χ2n) is 5.74. The number of aliphatic hydroxyl groups is 1. The molecule has 0 bridgehead atoms. The molecule has 1 fully saturated rings. The number of aliphatic hydroxyl groups excluding tert-OH is 1. The minimum atomic E-state index is -0.558. The molecule has 2 aromatic rings. The zero-order valence-corrected chi connectivity index (χ0v) is 12.4. The monoisotopic (exact) mass is 296 g/mol. The molecule has 1 aliphatic rings. The van der Waals surface area contributed by atoms with Crippen molar-refractivity contribution < 1.29 is 5.11 Å². The van der Waals surface area contributed by atoms with Gasteiger partial charge in [0.15, 0.2) is 0 Å². The Balaban J connectivity index is 2.06. The van der Waals surface area contributed by atoms with Crippen LogP contribution in [0, 0.1) is 4.91 Å². The molecular weight excluding hydrogens is 276 g/mol. The van der Waals surface area contributed by atoms with Gasteiger partial charge in [0.1, 0.15) is 0 Å². The summed E-state index contributed by atoms with van der Waals surface area (Å²) in [6, 6.07) is 19.7. The van der Waals surface area contributed by atoms with E-state index in [0.29, 0.717) is 13.0 Å². The number of benzene rings is 2. The molecule has 0 aromatic heterocycles. The highest BCUT2D eigenvalue weighted by Gasteiger charge is 2.38. The fraction of sp³-hybridized carbons (Fsp3) is 0.333. The van der Waals surface area contributed by atoms with Gasteiger partial charge in [-0.2, -0.15) is 0 Å². The van der Waals surface area contributed by atoms with Crippen LogP contribution in [-0.2, 0) is 0 Å². The summed E-state index contributed by atoms with van der Waals surface area (Å²) < 4.78 is 0. The smallest absolute Gasteiger partial charge is 0.0870 e. The minimum absolute atomic E-state index is 0.0737. The molecule has 0 amide bonds. The van der Waals surface area contributed by atoms with Crippen LogP contribution < -0.4 is 0 Å². The van der Waals surface area contributed by atoms with Crippen LogP contribution in [0.1, 0.15) is 29.9 Å². The molecule has 0 spiro atoms. The van der Waals surface area contributed by atoms with Crippen LogP contribution >= 0.6 is 0 Å². The molecular formula is C18H20N2O2. The molecule has 22 heavy (non-hydrogen) atoms. The summed E-state index contributed by atoms with van der Waals surface area (Å²) in [5, 5.41) is 15.2. The Morgan fingerprint density at radius 1 is 1.00 bits per heavy atom. The normalized spacial score (nSPS) is 21.8. The molecule has 0 saturated carbocycles. The Labute approximate surface area is 130 Å². The lowest BCUT2D eigenvalue weighted by molar-refractivity contribution is 0.00326. The van der Waals surface area contributed by atoms with Crippen LogP contribution in [0.3, 0.4) is 0 Å². The van der Waals surface area contributed by atoms with Crippen molar-refractivity contribution in [1.82, 2.24) is 5.01 Å². The van der Waals surface area contributed by atoms with Gasteiger partial charge in [-0.05, 0) is 24.0 Å². The van der Waals surface area contributed by atoms with Gasteiger partial charge in [-0.1, -0.05) is 60.7 Å². The number of rotatable bonds is 4. The molecule has 1 aliphatic heterocycles. The highest BCUT2D eigenvalue weighted by Crippen LogP contribution is 2.36. The lowest BCUT2D eigenvalue weighted by Gasteiger charge is -2.40. The van der Waals surface area contributed by atoms with Gasteiger partial charge >= 0.3 is 0 Å². The van der Waals surface area contributed by atoms with Gasteiger partial charge in [-0.3, -0.25) is 5.01 Å². The predicted octanol–water partition coefficient (Wildman–Crippen LogP) is 3.33. The second kappa shape index (κ2) is 6.71. The van der Waals surface area contributed by atoms with Crippen LogP contribution in [-0.4, -0.2) is 28.8 Å². The van der Waals surface area contributed by atoms with Crippen molar-refractivity contribution in [2.45, 2.75) is 30.9 Å². The quantitative estimate of drug-likeness (QED) is 0.881. The summed E-state index contributed by atoms with van der Waals surface area (Å²) in [7, 11) is 0. The lowest BCUT2D eigenvalue weighted by atomic mass is 9.80. The van der Waals surface area contributed by atoms with Crippen molar-refractivity contribution in [3.8, 4) is 0 Å². The van der Waals surface area contributed by atoms with E-state index in [2.05, 4.69) is 5.29 Å². The number of hydrogen-bond donors (Lipinski definition) is 1. The highest BCUT2D eigenvalue weighted by atomic mass is 16.3. The predicted molar refractivity (Wildman–Crippen MR) is 86.3 cm³/mol. The molecule has 0 radical (unpaired) electrons. The van der Waals surface area contributed by atoms with Gasteiger partial charge in [-0.25, -0.2) is 0 Å². The van der Waals surface area contributed by atoms with Gasteiger partial charge < -0.3 is 5.11 Å². The third-order valence-electron chi connectivity index (χ3n) is 4.39. The van der Waals surface area contributed by atoms with Gasteiger partial charge in [0.2, 0.25) is 0 Å². The third-order valence-corrected chi connectivity index (χ3v) is 4.39. The SMILES string of the molecule is O=NN1CCC[C@H](O)[C@@H]1C(c1ccccc1)c1ccccc1. The molecule has 1 N–H and O–H groups in total. The van der Waals surface area contributed by atoms with E-state index in [4.69, 9.17) is 0 Å². The van der Waals surface area contributed by atoms with E-state index >= 15 is 0 Å². The molecule has 4 heteroatoms. The van der Waals surface area contributed by atoms with Crippen LogP contribution in [0.4, 0.5) is 0 Å². The first kappa shape index (κ1) is 14.7. The Morgan fingerprint density at radius 3 is 2.05 bits per heavy atom. The van der Waals surface area contributed by atoms with Gasteiger partial charge in [-0.15, -0.1) is 4.91 Å². The maximum Gasteiger partial charge on any atom is 0.0870 e. The Hall–Kier alpha value is -2.20. The van der Waals surface area contributed by atoms with E-state index in [1.54, 1.807) is 0 Å². The van der Waals surface area contributed by atoms with Crippen LogP contribution in [0.5, 0.6) is 0 Å². The van der Waals surface area contributed by atoms with Crippen molar-refractivity contribution >= 4 is 0 Å². The number of piperidine rings is 1. The second-order valence-corrected chi connectivity index (χ2v) is 5.74. The first-order valence-corrected chi connectivity index (χ1v) is 7.69. The zero-order chi connectivity index (χ0) is 15.4. The maximum absolute atomic E-state index is 11.2. The van der Waals surface area contributed by atoms with E-state index < -0.39 is 6.10 Å². The standard InChI is InChI=1S/C18H20N2O2/c21-16-12-7-13-20(19-22)18(16)17(14-8-3-1-4-9-14)15-10-5-2-6-11-15/h1-6,8-11,16-18,21H,7,12-13H2/t16-,18+/m0/s1. The Kier molecular flexibility index (Phi) is 4.49. The molecule has 1 heterocycles. The molecule has 3 rings (SSSR count). The van der Waals surface area contributed by atoms with E-state index in [1.807, 2.05) is 60.7 Å². The van der Waals surface area contributed by atoms with Gasteiger partial charge in [0, 0.05) is 12.5 Å². The van der Waals surface area contributed by atoms with E-state index in [-0.39, 0.29) is 12.0 Å². The molecule has 2 aromatic carbocycles. The molecule has 114 valence electrons. The van der Waals surface area contributed by atoms with E-state index in [1.165, 1.54) is 5.01 Å². The number of nitroso groups, excluding NO2 is 1. The Morgan fingerprint density at radius 2 is 1.55 bits per heavy atom. The molecule has 0 unspecified atom stereocenters. The molecule has 0 aliphatic carbocycles. The summed E-state index contributed by atoms with van der Waals surface area (Å²) in [4.78, 5) is 11.2. The van der Waals surface area contributed by atoms with Crippen molar-refractivity contribution in [3.63, 3.8) is 0 Å².